The Balaban J connectivity index is 1.61. The Labute approximate surface area is 101 Å². The van der Waals surface area contributed by atoms with Crippen LogP contribution in [0.3, 0.4) is 0 Å². The van der Waals surface area contributed by atoms with Gasteiger partial charge >= 0.3 is 0 Å². The third-order valence-corrected chi connectivity index (χ3v) is 4.48. The van der Waals surface area contributed by atoms with Crippen molar-refractivity contribution in [2.45, 2.75) is 65.0 Å². The van der Waals surface area contributed by atoms with Crippen molar-refractivity contribution in [3.8, 4) is 0 Å². The highest BCUT2D eigenvalue weighted by Crippen LogP contribution is 2.42. The van der Waals surface area contributed by atoms with Gasteiger partial charge in [0.25, 0.3) is 0 Å². The number of hydrogen-bond donors (Lipinski definition) is 2. The predicted octanol–water partition coefficient (Wildman–Crippen LogP) is 2.54. The summed E-state index contributed by atoms with van der Waals surface area (Å²) in [6, 6.07) is 1.46. The standard InChI is InChI=1S/C14H28N2/c1-11(9-16-13-6-7-13)15-10-12-5-4-8-14(12,2)3/h11-13,15-16H,4-10H2,1-3H3. The molecule has 94 valence electrons. The predicted molar refractivity (Wildman–Crippen MR) is 69.6 cm³/mol. The molecule has 2 saturated carbocycles. The first-order valence-corrected chi connectivity index (χ1v) is 7.05. The summed E-state index contributed by atoms with van der Waals surface area (Å²) >= 11 is 0. The van der Waals surface area contributed by atoms with Gasteiger partial charge in [-0.05, 0) is 50.5 Å². The van der Waals surface area contributed by atoms with Gasteiger partial charge in [-0.25, -0.2) is 0 Å². The van der Waals surface area contributed by atoms with Gasteiger partial charge in [-0.15, -0.1) is 0 Å². The lowest BCUT2D eigenvalue weighted by atomic mass is 9.82. The van der Waals surface area contributed by atoms with Crippen LogP contribution in [0.1, 0.15) is 52.9 Å². The van der Waals surface area contributed by atoms with Gasteiger partial charge < -0.3 is 10.6 Å². The summed E-state index contributed by atoms with van der Waals surface area (Å²) < 4.78 is 0. The smallest absolute Gasteiger partial charge is 0.0164 e. The van der Waals surface area contributed by atoms with Gasteiger partial charge in [-0.3, -0.25) is 0 Å². The maximum absolute atomic E-state index is 3.70. The Morgan fingerprint density at radius 1 is 1.25 bits per heavy atom. The van der Waals surface area contributed by atoms with Gasteiger partial charge in [0.05, 0.1) is 0 Å². The molecule has 2 atom stereocenters. The summed E-state index contributed by atoms with van der Waals surface area (Å²) in [5, 5.41) is 7.29. The quantitative estimate of drug-likeness (QED) is 0.724. The van der Waals surface area contributed by atoms with Gasteiger partial charge in [0.1, 0.15) is 0 Å². The van der Waals surface area contributed by atoms with Crippen LogP contribution in [0.25, 0.3) is 0 Å². The molecule has 0 aromatic rings. The SMILES string of the molecule is CC(CNC1CC1)NCC1CCCC1(C)C. The Morgan fingerprint density at radius 2 is 2.00 bits per heavy atom. The number of hydrogen-bond acceptors (Lipinski definition) is 2. The van der Waals surface area contributed by atoms with Crippen molar-refractivity contribution in [1.82, 2.24) is 10.6 Å². The van der Waals surface area contributed by atoms with E-state index < -0.39 is 0 Å². The fraction of sp³-hybridized carbons (Fsp3) is 1.00. The van der Waals surface area contributed by atoms with Crippen molar-refractivity contribution in [3.63, 3.8) is 0 Å². The lowest BCUT2D eigenvalue weighted by Crippen LogP contribution is -2.41. The second-order valence-electron chi connectivity index (χ2n) is 6.57. The summed E-state index contributed by atoms with van der Waals surface area (Å²) in [5.41, 5.74) is 0.566. The van der Waals surface area contributed by atoms with E-state index in [1.807, 2.05) is 0 Å². The molecule has 2 aliphatic carbocycles. The lowest BCUT2D eigenvalue weighted by Gasteiger charge is -2.28. The average Bonchev–Trinajstić information content (AvgIpc) is 2.98. The summed E-state index contributed by atoms with van der Waals surface area (Å²) in [6.07, 6.45) is 7.04. The van der Waals surface area contributed by atoms with Crippen LogP contribution in [0.5, 0.6) is 0 Å². The Bertz CT molecular complexity index is 221. The van der Waals surface area contributed by atoms with Crippen molar-refractivity contribution >= 4 is 0 Å². The highest BCUT2D eigenvalue weighted by molar-refractivity contribution is 4.87. The molecule has 0 heterocycles. The van der Waals surface area contributed by atoms with Crippen LogP contribution in [0.2, 0.25) is 0 Å². The van der Waals surface area contributed by atoms with Crippen molar-refractivity contribution in [2.24, 2.45) is 11.3 Å². The summed E-state index contributed by atoms with van der Waals surface area (Å²) in [4.78, 5) is 0. The second-order valence-corrected chi connectivity index (χ2v) is 6.57. The molecule has 0 saturated heterocycles. The zero-order chi connectivity index (χ0) is 11.6. The Morgan fingerprint density at radius 3 is 2.56 bits per heavy atom. The van der Waals surface area contributed by atoms with Gasteiger partial charge in [0.15, 0.2) is 0 Å². The van der Waals surface area contributed by atoms with Gasteiger partial charge in [-0.1, -0.05) is 20.3 Å². The first-order chi connectivity index (χ1) is 7.58. The summed E-state index contributed by atoms with van der Waals surface area (Å²) in [6.45, 7) is 9.51. The Kier molecular flexibility index (Phi) is 3.91. The van der Waals surface area contributed by atoms with E-state index >= 15 is 0 Å². The highest BCUT2D eigenvalue weighted by atomic mass is 15.0. The largest absolute Gasteiger partial charge is 0.313 e. The molecule has 2 N–H and O–H groups in total. The molecule has 2 heteroatoms. The minimum atomic E-state index is 0.566. The molecule has 2 aliphatic rings. The second kappa shape index (κ2) is 5.05. The first kappa shape index (κ1) is 12.4. The average molecular weight is 224 g/mol. The minimum absolute atomic E-state index is 0.566. The van der Waals surface area contributed by atoms with E-state index in [4.69, 9.17) is 0 Å². The highest BCUT2D eigenvalue weighted by Gasteiger charge is 2.34. The zero-order valence-corrected chi connectivity index (χ0v) is 11.2. The van der Waals surface area contributed by atoms with E-state index in [1.165, 1.54) is 38.6 Å². The van der Waals surface area contributed by atoms with Crippen molar-refractivity contribution in [2.75, 3.05) is 13.1 Å². The molecule has 2 nitrogen and oxygen atoms in total. The third kappa shape index (κ3) is 3.46. The zero-order valence-electron chi connectivity index (χ0n) is 11.2. The van der Waals surface area contributed by atoms with E-state index in [-0.39, 0.29) is 0 Å². The summed E-state index contributed by atoms with van der Waals surface area (Å²) in [7, 11) is 0. The molecule has 0 radical (unpaired) electrons. The molecule has 16 heavy (non-hydrogen) atoms. The molecule has 2 unspecified atom stereocenters. The number of rotatable bonds is 6. The van der Waals surface area contributed by atoms with Crippen LogP contribution in [0, 0.1) is 11.3 Å². The van der Waals surface area contributed by atoms with Crippen LogP contribution in [0.15, 0.2) is 0 Å². The number of nitrogens with one attached hydrogen (secondary N) is 2. The van der Waals surface area contributed by atoms with E-state index in [1.54, 1.807) is 0 Å². The van der Waals surface area contributed by atoms with Crippen LogP contribution < -0.4 is 10.6 Å². The van der Waals surface area contributed by atoms with Crippen molar-refractivity contribution in [1.29, 1.82) is 0 Å². The molecular formula is C14H28N2. The summed E-state index contributed by atoms with van der Waals surface area (Å²) in [5.74, 6) is 0.885. The fourth-order valence-corrected chi connectivity index (χ4v) is 2.82. The Hall–Kier alpha value is -0.0800. The topological polar surface area (TPSA) is 24.1 Å². The monoisotopic (exact) mass is 224 g/mol. The lowest BCUT2D eigenvalue weighted by molar-refractivity contribution is 0.245. The van der Waals surface area contributed by atoms with Gasteiger partial charge in [0.2, 0.25) is 0 Å². The molecule has 0 amide bonds. The molecular weight excluding hydrogens is 196 g/mol. The van der Waals surface area contributed by atoms with Crippen LogP contribution in [-0.4, -0.2) is 25.2 Å². The van der Waals surface area contributed by atoms with E-state index in [2.05, 4.69) is 31.4 Å². The van der Waals surface area contributed by atoms with Crippen LogP contribution in [0.4, 0.5) is 0 Å². The fourth-order valence-electron chi connectivity index (χ4n) is 2.82. The molecule has 0 aliphatic heterocycles. The van der Waals surface area contributed by atoms with Gasteiger partial charge in [-0.2, -0.15) is 0 Å². The van der Waals surface area contributed by atoms with Crippen molar-refractivity contribution < 1.29 is 0 Å². The molecule has 2 rings (SSSR count). The van der Waals surface area contributed by atoms with Crippen LogP contribution >= 0.6 is 0 Å². The minimum Gasteiger partial charge on any atom is -0.313 e. The maximum Gasteiger partial charge on any atom is 0.0164 e. The molecule has 0 aromatic carbocycles. The van der Waals surface area contributed by atoms with Gasteiger partial charge in [0, 0.05) is 18.6 Å². The molecule has 0 spiro atoms. The van der Waals surface area contributed by atoms with Crippen LogP contribution in [-0.2, 0) is 0 Å². The third-order valence-electron chi connectivity index (χ3n) is 4.48. The first-order valence-electron chi connectivity index (χ1n) is 7.05. The van der Waals surface area contributed by atoms with Crippen molar-refractivity contribution in [3.05, 3.63) is 0 Å². The maximum atomic E-state index is 3.70. The van der Waals surface area contributed by atoms with E-state index in [0.717, 1.165) is 18.5 Å². The van der Waals surface area contributed by atoms with E-state index in [9.17, 15) is 0 Å². The normalized spacial score (nSPS) is 30.6. The molecule has 0 bridgehead atoms. The van der Waals surface area contributed by atoms with E-state index in [0.29, 0.717) is 11.5 Å². The molecule has 0 aromatic heterocycles. The molecule has 2 fully saturated rings.